The van der Waals surface area contributed by atoms with Crippen molar-refractivity contribution in [2.45, 2.75) is 57.0 Å². The molecule has 2 heterocycles. The molecule has 0 spiro atoms. The van der Waals surface area contributed by atoms with Gasteiger partial charge in [-0.15, -0.1) is 0 Å². The van der Waals surface area contributed by atoms with Crippen LogP contribution in [-0.4, -0.2) is 58.3 Å². The SMILES string of the molecule is CC[C@@H]([C@@H](C(=O)/C=C/C1CCC(N)CC1)c1ccc2c(N)ncnc2c1)N1CCNCC1=O. The van der Waals surface area contributed by atoms with E-state index in [0.717, 1.165) is 43.2 Å². The molecule has 2 fully saturated rings. The maximum absolute atomic E-state index is 13.7. The van der Waals surface area contributed by atoms with Gasteiger partial charge in [-0.3, -0.25) is 9.59 Å². The quantitative estimate of drug-likeness (QED) is 0.552. The summed E-state index contributed by atoms with van der Waals surface area (Å²) in [6, 6.07) is 5.76. The summed E-state index contributed by atoms with van der Waals surface area (Å²) in [7, 11) is 0. The minimum atomic E-state index is -0.472. The van der Waals surface area contributed by atoms with E-state index in [1.165, 1.54) is 6.33 Å². The number of piperazine rings is 1. The molecule has 33 heavy (non-hydrogen) atoms. The van der Waals surface area contributed by atoms with Crippen molar-refractivity contribution in [3.05, 3.63) is 42.2 Å². The number of nitrogens with two attached hydrogens (primary N) is 2. The summed E-state index contributed by atoms with van der Waals surface area (Å²) in [4.78, 5) is 36.7. The third-order valence-electron chi connectivity index (χ3n) is 7.04. The Morgan fingerprint density at radius 1 is 1.27 bits per heavy atom. The first-order valence-electron chi connectivity index (χ1n) is 12.0. The predicted octanol–water partition coefficient (Wildman–Crippen LogP) is 2.15. The number of carbonyl (C=O) groups is 2. The first-order valence-corrected chi connectivity index (χ1v) is 12.0. The molecule has 1 saturated heterocycles. The molecule has 1 aromatic carbocycles. The summed E-state index contributed by atoms with van der Waals surface area (Å²) in [5.74, 6) is 0.362. The smallest absolute Gasteiger partial charge is 0.236 e. The lowest BCUT2D eigenvalue weighted by Crippen LogP contribution is -2.54. The number of nitrogens with zero attached hydrogens (tertiary/aromatic N) is 3. The van der Waals surface area contributed by atoms with E-state index in [4.69, 9.17) is 11.5 Å². The van der Waals surface area contributed by atoms with Crippen LogP contribution in [0.5, 0.6) is 0 Å². The maximum atomic E-state index is 13.7. The van der Waals surface area contributed by atoms with Gasteiger partial charge in [0.15, 0.2) is 5.78 Å². The number of hydrogen-bond donors (Lipinski definition) is 3. The Bertz CT molecular complexity index is 1030. The molecule has 8 heteroatoms. The number of ketones is 1. The molecule has 1 aliphatic heterocycles. The number of benzene rings is 1. The highest BCUT2D eigenvalue weighted by atomic mass is 16.2. The first kappa shape index (κ1) is 23.3. The minimum Gasteiger partial charge on any atom is -0.383 e. The van der Waals surface area contributed by atoms with E-state index >= 15 is 0 Å². The lowest BCUT2D eigenvalue weighted by molar-refractivity contribution is -0.135. The van der Waals surface area contributed by atoms with E-state index in [9.17, 15) is 9.59 Å². The third-order valence-corrected chi connectivity index (χ3v) is 7.04. The van der Waals surface area contributed by atoms with Gasteiger partial charge in [0.2, 0.25) is 5.91 Å². The normalized spacial score (nSPS) is 23.7. The average Bonchev–Trinajstić information content (AvgIpc) is 2.82. The topological polar surface area (TPSA) is 127 Å². The molecule has 4 rings (SSSR count). The van der Waals surface area contributed by atoms with Crippen LogP contribution in [0, 0.1) is 5.92 Å². The number of rotatable bonds is 7. The van der Waals surface area contributed by atoms with Crippen molar-refractivity contribution in [1.82, 2.24) is 20.2 Å². The Morgan fingerprint density at radius 3 is 2.79 bits per heavy atom. The van der Waals surface area contributed by atoms with Crippen molar-refractivity contribution >= 4 is 28.4 Å². The van der Waals surface area contributed by atoms with Crippen LogP contribution in [0.3, 0.4) is 0 Å². The van der Waals surface area contributed by atoms with Gasteiger partial charge >= 0.3 is 0 Å². The number of aromatic nitrogens is 2. The number of carbonyl (C=O) groups excluding carboxylic acids is 2. The van der Waals surface area contributed by atoms with Crippen molar-refractivity contribution in [3.8, 4) is 0 Å². The van der Waals surface area contributed by atoms with E-state index in [0.29, 0.717) is 36.8 Å². The molecule has 2 aromatic rings. The van der Waals surface area contributed by atoms with E-state index in [1.807, 2.05) is 30.0 Å². The van der Waals surface area contributed by atoms with Gasteiger partial charge in [0.1, 0.15) is 12.1 Å². The molecule has 1 aliphatic carbocycles. The number of nitrogen functional groups attached to an aromatic ring is 1. The Morgan fingerprint density at radius 2 is 2.06 bits per heavy atom. The van der Waals surface area contributed by atoms with Crippen LogP contribution in [-0.2, 0) is 9.59 Å². The van der Waals surface area contributed by atoms with Gasteiger partial charge in [0.25, 0.3) is 0 Å². The van der Waals surface area contributed by atoms with Gasteiger partial charge < -0.3 is 21.7 Å². The zero-order valence-electron chi connectivity index (χ0n) is 19.2. The van der Waals surface area contributed by atoms with Gasteiger partial charge in [0, 0.05) is 30.6 Å². The van der Waals surface area contributed by atoms with E-state index in [2.05, 4.69) is 21.4 Å². The van der Waals surface area contributed by atoms with Crippen LogP contribution >= 0.6 is 0 Å². The highest BCUT2D eigenvalue weighted by Crippen LogP contribution is 2.32. The Hall–Kier alpha value is -2.84. The molecule has 0 bridgehead atoms. The van der Waals surface area contributed by atoms with E-state index in [-0.39, 0.29) is 23.8 Å². The standard InChI is InChI=1S/C25H34N6O2/c1-2-21(31-12-11-28-14-23(31)33)24(22(32)10-5-16-3-7-18(26)8-4-16)17-6-9-19-20(13-17)29-15-30-25(19)27/h5-6,9-10,13,15-16,18,21,24,28H,2-4,7-8,11-12,14,26H2,1H3,(H2,27,29,30)/b10-5+/t16?,18?,21-,24-/m0/s1. The summed E-state index contributed by atoms with van der Waals surface area (Å²) in [6.45, 7) is 3.65. The lowest BCUT2D eigenvalue weighted by atomic mass is 9.82. The Balaban J connectivity index is 1.68. The van der Waals surface area contributed by atoms with E-state index in [1.54, 1.807) is 6.08 Å². The fraction of sp³-hybridized carbons (Fsp3) is 0.520. The third kappa shape index (κ3) is 5.23. The molecule has 1 saturated carbocycles. The second-order valence-electron chi connectivity index (χ2n) is 9.19. The maximum Gasteiger partial charge on any atom is 0.236 e. The number of hydrogen-bond acceptors (Lipinski definition) is 7. The second kappa shape index (κ2) is 10.4. The molecule has 176 valence electrons. The Kier molecular flexibility index (Phi) is 7.35. The zero-order valence-corrected chi connectivity index (χ0v) is 19.2. The van der Waals surface area contributed by atoms with Gasteiger partial charge in [-0.2, -0.15) is 0 Å². The zero-order chi connectivity index (χ0) is 23.4. The molecule has 0 radical (unpaired) electrons. The highest BCUT2D eigenvalue weighted by molar-refractivity contribution is 5.98. The van der Waals surface area contributed by atoms with Gasteiger partial charge in [-0.05, 0) is 61.8 Å². The molecule has 8 nitrogen and oxygen atoms in total. The summed E-state index contributed by atoms with van der Waals surface area (Å²) < 4.78 is 0. The summed E-state index contributed by atoms with van der Waals surface area (Å²) in [5, 5.41) is 3.88. The molecule has 2 aliphatic rings. The molecule has 0 unspecified atom stereocenters. The van der Waals surface area contributed by atoms with Crippen molar-refractivity contribution in [1.29, 1.82) is 0 Å². The summed E-state index contributed by atoms with van der Waals surface area (Å²) in [6.07, 6.45) is 9.90. The van der Waals surface area contributed by atoms with Crippen LogP contribution < -0.4 is 16.8 Å². The molecule has 1 aromatic heterocycles. The van der Waals surface area contributed by atoms with Crippen LogP contribution in [0.25, 0.3) is 10.9 Å². The second-order valence-corrected chi connectivity index (χ2v) is 9.19. The molecular formula is C25H34N6O2. The average molecular weight is 451 g/mol. The molecule has 5 N–H and O–H groups in total. The summed E-state index contributed by atoms with van der Waals surface area (Å²) in [5.41, 5.74) is 13.6. The molecule has 2 atom stereocenters. The summed E-state index contributed by atoms with van der Waals surface area (Å²) >= 11 is 0. The van der Waals surface area contributed by atoms with Crippen LogP contribution in [0.1, 0.15) is 50.5 Å². The van der Waals surface area contributed by atoms with Gasteiger partial charge in [-0.1, -0.05) is 19.1 Å². The monoisotopic (exact) mass is 450 g/mol. The fourth-order valence-corrected chi connectivity index (χ4v) is 5.14. The number of nitrogens with one attached hydrogen (secondary N) is 1. The van der Waals surface area contributed by atoms with Crippen molar-refractivity contribution < 1.29 is 9.59 Å². The van der Waals surface area contributed by atoms with E-state index < -0.39 is 5.92 Å². The van der Waals surface area contributed by atoms with Gasteiger partial charge in [-0.25, -0.2) is 9.97 Å². The number of allylic oxidation sites excluding steroid dienone is 2. The highest BCUT2D eigenvalue weighted by Gasteiger charge is 2.35. The molecule has 1 amide bonds. The van der Waals surface area contributed by atoms with Crippen molar-refractivity contribution in [3.63, 3.8) is 0 Å². The number of amides is 1. The first-order chi connectivity index (χ1) is 16.0. The van der Waals surface area contributed by atoms with Crippen molar-refractivity contribution in [2.75, 3.05) is 25.4 Å². The number of fused-ring (bicyclic) bond motifs is 1. The van der Waals surface area contributed by atoms with Crippen LogP contribution in [0.15, 0.2) is 36.7 Å². The molecular weight excluding hydrogens is 416 g/mol. The van der Waals surface area contributed by atoms with Crippen molar-refractivity contribution in [2.24, 2.45) is 11.7 Å². The van der Waals surface area contributed by atoms with Crippen LogP contribution in [0.2, 0.25) is 0 Å². The largest absolute Gasteiger partial charge is 0.383 e. The van der Waals surface area contributed by atoms with Gasteiger partial charge in [0.05, 0.1) is 18.0 Å². The number of anilines is 1. The fourth-order valence-electron chi connectivity index (χ4n) is 5.14. The lowest BCUT2D eigenvalue weighted by Gasteiger charge is -2.38. The van der Waals surface area contributed by atoms with Crippen LogP contribution in [0.4, 0.5) is 5.82 Å². The Labute approximate surface area is 194 Å². The predicted molar refractivity (Wildman–Crippen MR) is 129 cm³/mol. The minimum absolute atomic E-state index is 0.0180.